The van der Waals surface area contributed by atoms with Gasteiger partial charge in [0, 0.05) is 5.69 Å². The predicted molar refractivity (Wildman–Crippen MR) is 68.4 cm³/mol. The minimum absolute atomic E-state index is 0.393. The van der Waals surface area contributed by atoms with Crippen molar-refractivity contribution in [3.8, 4) is 6.07 Å². The number of nitrogens with zero attached hydrogens (tertiary/aromatic N) is 1. The molecule has 0 bridgehead atoms. The van der Waals surface area contributed by atoms with Gasteiger partial charge >= 0.3 is 0 Å². The summed E-state index contributed by atoms with van der Waals surface area (Å²) in [6.45, 7) is 0. The molecule has 0 fully saturated rings. The summed E-state index contributed by atoms with van der Waals surface area (Å²) in [7, 11) is 0. The van der Waals surface area contributed by atoms with Crippen LogP contribution < -0.4 is 5.32 Å². The summed E-state index contributed by atoms with van der Waals surface area (Å²) in [5.41, 5.74) is 0.861. The average Bonchev–Trinajstić information content (AvgIpc) is 2.92. The molecule has 1 amide bonds. The third kappa shape index (κ3) is 2.62. The number of benzene rings is 1. The first kappa shape index (κ1) is 12.0. The lowest BCUT2D eigenvalue weighted by molar-refractivity contribution is -0.112. The molecule has 2 rings (SSSR count). The molecule has 0 saturated heterocycles. The second-order valence-corrected chi connectivity index (χ2v) is 4.40. The Kier molecular flexibility index (Phi) is 3.51. The largest absolute Gasteiger partial charge is 0.319 e. The lowest BCUT2D eigenvalue weighted by atomic mass is 10.2. The number of carbonyl (C=O) groups is 2. The van der Waals surface area contributed by atoms with Crippen LogP contribution in [0.3, 0.4) is 0 Å². The van der Waals surface area contributed by atoms with Crippen LogP contribution in [0.5, 0.6) is 0 Å². The van der Waals surface area contributed by atoms with Gasteiger partial charge in [0.2, 0.25) is 0 Å². The molecule has 1 N–H and O–H groups in total. The SMILES string of the molecule is N#Cc1cccc(NC(=O)C(=O)c2cccs2)c1. The first-order valence-electron chi connectivity index (χ1n) is 5.10. The third-order valence-electron chi connectivity index (χ3n) is 2.20. The molecule has 0 atom stereocenters. The molecule has 0 aliphatic heterocycles. The highest BCUT2D eigenvalue weighted by molar-refractivity contribution is 7.13. The molecule has 4 nitrogen and oxygen atoms in total. The van der Waals surface area contributed by atoms with Crippen molar-refractivity contribution < 1.29 is 9.59 Å². The minimum Gasteiger partial charge on any atom is -0.319 e. The van der Waals surface area contributed by atoms with Crippen molar-refractivity contribution >= 4 is 28.7 Å². The maximum atomic E-state index is 11.7. The zero-order valence-electron chi connectivity index (χ0n) is 9.21. The van der Waals surface area contributed by atoms with E-state index in [1.54, 1.807) is 35.7 Å². The molecule has 1 aromatic heterocycles. The standard InChI is InChI=1S/C13H8N2O2S/c14-8-9-3-1-4-10(7-9)15-13(17)12(16)11-5-2-6-18-11/h1-7H,(H,15,17). The van der Waals surface area contributed by atoms with Gasteiger partial charge in [0.25, 0.3) is 11.7 Å². The summed E-state index contributed by atoms with van der Waals surface area (Å²) in [6, 6.07) is 11.7. The van der Waals surface area contributed by atoms with E-state index in [1.807, 2.05) is 6.07 Å². The molecule has 88 valence electrons. The number of nitriles is 1. The molecule has 5 heteroatoms. The van der Waals surface area contributed by atoms with E-state index in [-0.39, 0.29) is 0 Å². The van der Waals surface area contributed by atoms with E-state index < -0.39 is 11.7 Å². The first-order valence-corrected chi connectivity index (χ1v) is 5.98. The molecule has 1 heterocycles. The Morgan fingerprint density at radius 1 is 1.22 bits per heavy atom. The molecule has 0 aliphatic carbocycles. The van der Waals surface area contributed by atoms with Crippen molar-refractivity contribution in [1.82, 2.24) is 0 Å². The Bertz CT molecular complexity index is 627. The highest BCUT2D eigenvalue weighted by atomic mass is 32.1. The van der Waals surface area contributed by atoms with E-state index in [4.69, 9.17) is 5.26 Å². The van der Waals surface area contributed by atoms with Crippen LogP contribution in [0.1, 0.15) is 15.2 Å². The van der Waals surface area contributed by atoms with Gasteiger partial charge < -0.3 is 5.32 Å². The Morgan fingerprint density at radius 2 is 2.06 bits per heavy atom. The zero-order chi connectivity index (χ0) is 13.0. The van der Waals surface area contributed by atoms with Gasteiger partial charge in [-0.3, -0.25) is 9.59 Å². The van der Waals surface area contributed by atoms with Gasteiger partial charge in [-0.05, 0) is 29.6 Å². The number of rotatable bonds is 3. The molecular formula is C13H8N2O2S. The molecule has 1 aromatic carbocycles. The average molecular weight is 256 g/mol. The fourth-order valence-corrected chi connectivity index (χ4v) is 2.03. The van der Waals surface area contributed by atoms with Crippen molar-refractivity contribution in [3.05, 3.63) is 52.2 Å². The summed E-state index contributed by atoms with van der Waals surface area (Å²) in [5, 5.41) is 12.9. The number of hydrogen-bond donors (Lipinski definition) is 1. The number of hydrogen-bond acceptors (Lipinski definition) is 4. The summed E-state index contributed by atoms with van der Waals surface area (Å²) < 4.78 is 0. The van der Waals surface area contributed by atoms with E-state index in [0.29, 0.717) is 16.1 Å². The number of anilines is 1. The molecule has 0 saturated carbocycles. The molecule has 0 radical (unpaired) electrons. The second-order valence-electron chi connectivity index (χ2n) is 3.45. The number of amides is 1. The number of ketones is 1. The number of carbonyl (C=O) groups excluding carboxylic acids is 2. The first-order chi connectivity index (χ1) is 8.70. The smallest absolute Gasteiger partial charge is 0.297 e. The normalized spacial score (nSPS) is 9.50. The topological polar surface area (TPSA) is 70.0 Å². The second kappa shape index (κ2) is 5.25. The van der Waals surface area contributed by atoms with E-state index in [0.717, 1.165) is 0 Å². The number of thiophene rings is 1. The highest BCUT2D eigenvalue weighted by Crippen LogP contribution is 2.13. The maximum Gasteiger partial charge on any atom is 0.297 e. The van der Waals surface area contributed by atoms with Crippen LogP contribution >= 0.6 is 11.3 Å². The Labute approximate surface area is 107 Å². The molecular weight excluding hydrogens is 248 g/mol. The summed E-state index contributed by atoms with van der Waals surface area (Å²) in [4.78, 5) is 23.8. The van der Waals surface area contributed by atoms with Crippen LogP contribution in [0.2, 0.25) is 0 Å². The van der Waals surface area contributed by atoms with Crippen LogP contribution in [0.25, 0.3) is 0 Å². The van der Waals surface area contributed by atoms with Gasteiger partial charge in [-0.1, -0.05) is 12.1 Å². The van der Waals surface area contributed by atoms with E-state index in [2.05, 4.69) is 5.32 Å². The van der Waals surface area contributed by atoms with Crippen molar-refractivity contribution in [1.29, 1.82) is 5.26 Å². The molecule has 0 unspecified atom stereocenters. The van der Waals surface area contributed by atoms with Gasteiger partial charge in [0.1, 0.15) is 0 Å². The number of nitrogens with one attached hydrogen (secondary N) is 1. The summed E-state index contributed by atoms with van der Waals surface area (Å²) in [6.07, 6.45) is 0. The van der Waals surface area contributed by atoms with Gasteiger partial charge in [-0.15, -0.1) is 11.3 Å². The molecule has 18 heavy (non-hydrogen) atoms. The van der Waals surface area contributed by atoms with Gasteiger partial charge in [-0.25, -0.2) is 0 Å². The fourth-order valence-electron chi connectivity index (χ4n) is 1.37. The van der Waals surface area contributed by atoms with Crippen molar-refractivity contribution in [2.75, 3.05) is 5.32 Å². The quantitative estimate of drug-likeness (QED) is 0.677. The zero-order valence-corrected chi connectivity index (χ0v) is 10.0. The Balaban J connectivity index is 2.12. The fraction of sp³-hybridized carbons (Fsp3) is 0. The Hall–Kier alpha value is -2.45. The monoisotopic (exact) mass is 256 g/mol. The molecule has 0 spiro atoms. The van der Waals surface area contributed by atoms with Gasteiger partial charge in [0.15, 0.2) is 0 Å². The summed E-state index contributed by atoms with van der Waals surface area (Å²) >= 11 is 1.21. The number of Topliss-reactive ketones (excluding diaryl/α,β-unsaturated/α-hetero) is 1. The Morgan fingerprint density at radius 3 is 2.72 bits per heavy atom. The molecule has 0 aliphatic rings. The van der Waals surface area contributed by atoms with Gasteiger partial charge in [0.05, 0.1) is 16.5 Å². The van der Waals surface area contributed by atoms with E-state index >= 15 is 0 Å². The van der Waals surface area contributed by atoms with Crippen molar-refractivity contribution in [3.63, 3.8) is 0 Å². The van der Waals surface area contributed by atoms with Crippen LogP contribution in [0.15, 0.2) is 41.8 Å². The summed E-state index contributed by atoms with van der Waals surface area (Å²) in [5.74, 6) is -1.28. The van der Waals surface area contributed by atoms with E-state index in [9.17, 15) is 9.59 Å². The van der Waals surface area contributed by atoms with Gasteiger partial charge in [-0.2, -0.15) is 5.26 Å². The maximum absolute atomic E-state index is 11.7. The third-order valence-corrected chi connectivity index (χ3v) is 3.07. The lowest BCUT2D eigenvalue weighted by Gasteiger charge is -2.03. The van der Waals surface area contributed by atoms with Crippen molar-refractivity contribution in [2.24, 2.45) is 0 Å². The lowest BCUT2D eigenvalue weighted by Crippen LogP contribution is -2.21. The van der Waals surface area contributed by atoms with Crippen LogP contribution in [-0.2, 0) is 4.79 Å². The van der Waals surface area contributed by atoms with E-state index in [1.165, 1.54) is 17.4 Å². The molecule has 2 aromatic rings. The highest BCUT2D eigenvalue weighted by Gasteiger charge is 2.17. The van der Waals surface area contributed by atoms with Crippen LogP contribution in [0.4, 0.5) is 5.69 Å². The van der Waals surface area contributed by atoms with Crippen LogP contribution in [0, 0.1) is 11.3 Å². The minimum atomic E-state index is -0.701. The van der Waals surface area contributed by atoms with Crippen molar-refractivity contribution in [2.45, 2.75) is 0 Å². The predicted octanol–water partition coefficient (Wildman–Crippen LogP) is 2.44. The van der Waals surface area contributed by atoms with Crippen LogP contribution in [-0.4, -0.2) is 11.7 Å².